The highest BCUT2D eigenvalue weighted by Gasteiger charge is 2.24. The van der Waals surface area contributed by atoms with Crippen molar-refractivity contribution in [3.05, 3.63) is 35.9 Å². The van der Waals surface area contributed by atoms with Crippen LogP contribution in [0.25, 0.3) is 0 Å². The van der Waals surface area contributed by atoms with Crippen LogP contribution in [0.5, 0.6) is 0 Å². The second kappa shape index (κ2) is 15.8. The summed E-state index contributed by atoms with van der Waals surface area (Å²) in [5.74, 6) is -5.75. The first-order valence-corrected chi connectivity index (χ1v) is 11.0. The molecule has 0 radical (unpaired) electrons. The summed E-state index contributed by atoms with van der Waals surface area (Å²) in [4.78, 5) is 68.9. The number of ether oxygens (including phenoxy) is 1. The molecule has 0 aliphatic heterocycles. The van der Waals surface area contributed by atoms with E-state index in [0.717, 1.165) is 5.56 Å². The zero-order valence-electron chi connectivity index (χ0n) is 19.1. The lowest BCUT2D eigenvalue weighted by atomic mass is 10.1. The lowest BCUT2D eigenvalue weighted by molar-refractivity contribution is -0.145. The van der Waals surface area contributed by atoms with Gasteiger partial charge in [-0.05, 0) is 31.2 Å². The highest BCUT2D eigenvalue weighted by Crippen LogP contribution is 2.07. The summed E-state index contributed by atoms with van der Waals surface area (Å²) in [5.41, 5.74) is 0.854. The number of aliphatic carboxylic acids is 3. The number of rotatable bonds is 17. The SMILES string of the molecule is O=C(O)CCC(NC(=O)CCC(NC(=O)CCCCC(=O)OCc1ccccc1)C(=O)O)C(=O)O. The normalized spacial score (nSPS) is 12.1. The molecule has 5 N–H and O–H groups in total. The van der Waals surface area contributed by atoms with Gasteiger partial charge in [0.25, 0.3) is 0 Å². The van der Waals surface area contributed by atoms with Gasteiger partial charge in [-0.15, -0.1) is 0 Å². The van der Waals surface area contributed by atoms with E-state index in [4.69, 9.17) is 14.9 Å². The summed E-state index contributed by atoms with van der Waals surface area (Å²) in [5, 5.41) is 31.4. The van der Waals surface area contributed by atoms with Crippen molar-refractivity contribution in [2.75, 3.05) is 0 Å². The fraction of sp³-hybridized carbons (Fsp3) is 0.478. The van der Waals surface area contributed by atoms with E-state index in [1.807, 2.05) is 30.3 Å². The van der Waals surface area contributed by atoms with E-state index < -0.39 is 54.2 Å². The van der Waals surface area contributed by atoms with Crippen LogP contribution in [0.2, 0.25) is 0 Å². The number of benzene rings is 1. The van der Waals surface area contributed by atoms with Gasteiger partial charge in [-0.1, -0.05) is 30.3 Å². The number of amides is 2. The van der Waals surface area contributed by atoms with Crippen molar-refractivity contribution in [2.24, 2.45) is 0 Å². The number of hydrogen-bond acceptors (Lipinski definition) is 7. The zero-order chi connectivity index (χ0) is 26.2. The van der Waals surface area contributed by atoms with Crippen LogP contribution in [0.4, 0.5) is 0 Å². The maximum atomic E-state index is 12.0. The van der Waals surface area contributed by atoms with Crippen LogP contribution >= 0.6 is 0 Å². The minimum absolute atomic E-state index is 0.0295. The quantitative estimate of drug-likeness (QED) is 0.154. The monoisotopic (exact) mass is 494 g/mol. The maximum absolute atomic E-state index is 12.0. The molecule has 0 fully saturated rings. The van der Waals surface area contributed by atoms with Gasteiger partial charge in [-0.25, -0.2) is 9.59 Å². The largest absolute Gasteiger partial charge is 0.481 e. The maximum Gasteiger partial charge on any atom is 0.326 e. The van der Waals surface area contributed by atoms with E-state index in [1.165, 1.54) is 0 Å². The second-order valence-corrected chi connectivity index (χ2v) is 7.74. The van der Waals surface area contributed by atoms with E-state index in [0.29, 0.717) is 12.8 Å². The molecule has 0 bridgehead atoms. The lowest BCUT2D eigenvalue weighted by Crippen LogP contribution is -2.44. The van der Waals surface area contributed by atoms with E-state index in [2.05, 4.69) is 10.6 Å². The Balaban J connectivity index is 2.32. The minimum atomic E-state index is -1.42. The van der Waals surface area contributed by atoms with Crippen LogP contribution in [-0.4, -0.2) is 63.1 Å². The van der Waals surface area contributed by atoms with Crippen LogP contribution in [0.3, 0.4) is 0 Å². The number of carboxylic acid groups (broad SMARTS) is 3. The molecule has 192 valence electrons. The Labute approximate surface area is 201 Å². The van der Waals surface area contributed by atoms with Gasteiger partial charge in [0.15, 0.2) is 0 Å². The Bertz CT molecular complexity index is 888. The molecular formula is C23H30N2O10. The van der Waals surface area contributed by atoms with Gasteiger partial charge in [-0.2, -0.15) is 0 Å². The van der Waals surface area contributed by atoms with Crippen LogP contribution in [0.1, 0.15) is 56.9 Å². The standard InChI is InChI=1S/C23H30N2O10/c26-18(8-4-5-9-21(30)35-14-15-6-2-1-3-7-15)24-16(22(31)32)10-12-19(27)25-17(23(33)34)11-13-20(28)29/h1-3,6-7,16-17H,4-5,8-14H2,(H,24,26)(H,25,27)(H,28,29)(H,31,32)(H,33,34). The fourth-order valence-electron chi connectivity index (χ4n) is 2.96. The van der Waals surface area contributed by atoms with Crippen molar-refractivity contribution in [2.45, 2.75) is 70.1 Å². The highest BCUT2D eigenvalue weighted by atomic mass is 16.5. The number of carbonyl (C=O) groups excluding carboxylic acids is 3. The summed E-state index contributed by atoms with van der Waals surface area (Å²) in [7, 11) is 0. The van der Waals surface area contributed by atoms with Crippen molar-refractivity contribution in [3.8, 4) is 0 Å². The van der Waals surface area contributed by atoms with Gasteiger partial charge in [0.05, 0.1) is 0 Å². The Hall–Kier alpha value is -3.96. The average molecular weight is 494 g/mol. The van der Waals surface area contributed by atoms with Gasteiger partial charge in [-0.3, -0.25) is 19.2 Å². The molecule has 1 aromatic rings. The molecule has 0 aliphatic rings. The number of unbranched alkanes of at least 4 members (excludes halogenated alkanes) is 1. The summed E-state index contributed by atoms with van der Waals surface area (Å²) >= 11 is 0. The van der Waals surface area contributed by atoms with Crippen molar-refractivity contribution in [3.63, 3.8) is 0 Å². The molecule has 1 aromatic carbocycles. The van der Waals surface area contributed by atoms with Gasteiger partial charge < -0.3 is 30.7 Å². The molecule has 0 saturated carbocycles. The molecule has 0 saturated heterocycles. The lowest BCUT2D eigenvalue weighted by Gasteiger charge is -2.16. The van der Waals surface area contributed by atoms with Crippen molar-refractivity contribution in [1.82, 2.24) is 10.6 Å². The van der Waals surface area contributed by atoms with Crippen molar-refractivity contribution >= 4 is 35.7 Å². The first-order valence-electron chi connectivity index (χ1n) is 11.0. The summed E-state index contributed by atoms with van der Waals surface area (Å²) in [6, 6.07) is 6.36. The molecule has 2 unspecified atom stereocenters. The second-order valence-electron chi connectivity index (χ2n) is 7.74. The smallest absolute Gasteiger partial charge is 0.326 e. The Morgan fingerprint density at radius 1 is 0.714 bits per heavy atom. The molecule has 0 heterocycles. The molecule has 0 aromatic heterocycles. The van der Waals surface area contributed by atoms with E-state index in [1.54, 1.807) is 0 Å². The molecular weight excluding hydrogens is 464 g/mol. The van der Waals surface area contributed by atoms with Gasteiger partial charge in [0.1, 0.15) is 18.7 Å². The van der Waals surface area contributed by atoms with Gasteiger partial charge in [0, 0.05) is 25.7 Å². The molecule has 12 nitrogen and oxygen atoms in total. The van der Waals surface area contributed by atoms with Crippen LogP contribution in [0.15, 0.2) is 30.3 Å². The third-order valence-electron chi connectivity index (χ3n) is 4.85. The number of esters is 1. The minimum Gasteiger partial charge on any atom is -0.481 e. The Morgan fingerprint density at radius 2 is 1.23 bits per heavy atom. The number of carbonyl (C=O) groups is 6. The van der Waals surface area contributed by atoms with Crippen LogP contribution in [-0.2, 0) is 40.1 Å². The molecule has 2 amide bonds. The first-order chi connectivity index (χ1) is 16.6. The highest BCUT2D eigenvalue weighted by molar-refractivity contribution is 5.86. The molecule has 2 atom stereocenters. The van der Waals surface area contributed by atoms with Crippen LogP contribution < -0.4 is 10.6 Å². The third kappa shape index (κ3) is 13.4. The van der Waals surface area contributed by atoms with E-state index >= 15 is 0 Å². The van der Waals surface area contributed by atoms with Crippen molar-refractivity contribution < 1.29 is 48.8 Å². The predicted molar refractivity (Wildman–Crippen MR) is 120 cm³/mol. The molecule has 0 aliphatic carbocycles. The first kappa shape index (κ1) is 29.1. The third-order valence-corrected chi connectivity index (χ3v) is 4.85. The summed E-state index contributed by atoms with van der Waals surface area (Å²) in [6.07, 6.45) is -0.693. The number of nitrogens with one attached hydrogen (secondary N) is 2. The fourth-order valence-corrected chi connectivity index (χ4v) is 2.96. The Morgan fingerprint density at radius 3 is 1.77 bits per heavy atom. The van der Waals surface area contributed by atoms with Gasteiger partial charge in [0.2, 0.25) is 11.8 Å². The Kier molecular flexibility index (Phi) is 13.1. The predicted octanol–water partition coefficient (Wildman–Crippen LogP) is 1.07. The molecule has 0 spiro atoms. The van der Waals surface area contributed by atoms with E-state index in [-0.39, 0.29) is 38.7 Å². The molecule has 35 heavy (non-hydrogen) atoms. The van der Waals surface area contributed by atoms with Gasteiger partial charge >= 0.3 is 23.9 Å². The molecule has 12 heteroatoms. The zero-order valence-corrected chi connectivity index (χ0v) is 19.1. The summed E-state index contributed by atoms with van der Waals surface area (Å²) in [6.45, 7) is 0.154. The van der Waals surface area contributed by atoms with E-state index in [9.17, 15) is 33.9 Å². The average Bonchev–Trinajstić information content (AvgIpc) is 2.80. The number of hydrogen-bond donors (Lipinski definition) is 5. The topological polar surface area (TPSA) is 196 Å². The molecule has 1 rings (SSSR count). The van der Waals surface area contributed by atoms with Crippen molar-refractivity contribution in [1.29, 1.82) is 0 Å². The van der Waals surface area contributed by atoms with Crippen LogP contribution in [0, 0.1) is 0 Å². The summed E-state index contributed by atoms with van der Waals surface area (Å²) < 4.78 is 5.13. The number of carboxylic acids is 3.